The summed E-state index contributed by atoms with van der Waals surface area (Å²) in [5.41, 5.74) is 0. The quantitative estimate of drug-likeness (QED) is 0.688. The van der Waals surface area contributed by atoms with Gasteiger partial charge >= 0.3 is 5.97 Å². The molecule has 0 spiro atoms. The average Bonchev–Trinajstić information content (AvgIpc) is 3.07. The average molecular weight is 240 g/mol. The molecule has 0 amide bonds. The molecule has 2 rings (SSSR count). The number of hydrogen-bond acceptors (Lipinski definition) is 4. The lowest BCUT2D eigenvalue weighted by atomic mass is 10.1. The normalized spacial score (nSPS) is 32.2. The molecular formula is C13H24N2O2. The highest BCUT2D eigenvalue weighted by Gasteiger charge is 2.37. The Morgan fingerprint density at radius 1 is 1.29 bits per heavy atom. The van der Waals surface area contributed by atoms with E-state index < -0.39 is 0 Å². The van der Waals surface area contributed by atoms with E-state index in [9.17, 15) is 4.79 Å². The molecule has 1 aliphatic carbocycles. The zero-order valence-corrected chi connectivity index (χ0v) is 11.2. The number of ether oxygens (including phenoxy) is 1. The molecule has 0 aromatic carbocycles. The van der Waals surface area contributed by atoms with E-state index in [2.05, 4.69) is 23.8 Å². The fourth-order valence-electron chi connectivity index (χ4n) is 2.95. The van der Waals surface area contributed by atoms with E-state index in [4.69, 9.17) is 4.74 Å². The summed E-state index contributed by atoms with van der Waals surface area (Å²) in [5.74, 6) is 0.604. The first kappa shape index (κ1) is 12.8. The third kappa shape index (κ3) is 3.42. The second kappa shape index (κ2) is 5.36. The first-order valence-corrected chi connectivity index (χ1v) is 6.61. The second-order valence-electron chi connectivity index (χ2n) is 5.69. The molecule has 17 heavy (non-hydrogen) atoms. The minimum absolute atomic E-state index is 0.0800. The smallest absolute Gasteiger partial charge is 0.307 e. The van der Waals surface area contributed by atoms with Gasteiger partial charge in [0.05, 0.1) is 13.5 Å². The van der Waals surface area contributed by atoms with E-state index >= 15 is 0 Å². The maximum atomic E-state index is 11.5. The number of carbonyl (C=O) groups excluding carboxylic acids is 1. The molecule has 1 saturated carbocycles. The van der Waals surface area contributed by atoms with Crippen molar-refractivity contribution in [3.63, 3.8) is 0 Å². The molecule has 0 N–H and O–H groups in total. The lowest BCUT2D eigenvalue weighted by Crippen LogP contribution is -2.43. The largest absolute Gasteiger partial charge is 0.469 e. The van der Waals surface area contributed by atoms with Crippen LogP contribution in [0.15, 0.2) is 0 Å². The van der Waals surface area contributed by atoms with Crippen molar-refractivity contribution in [1.29, 1.82) is 0 Å². The standard InChI is InChI=1S/C13H24N2O2/c1-10-7-14(2)9-12(6-13(16)17-3)15(8-10)11-4-5-11/h10-12H,4-9H2,1-3H3. The van der Waals surface area contributed by atoms with Crippen LogP contribution in [-0.4, -0.2) is 61.6 Å². The van der Waals surface area contributed by atoms with Crippen molar-refractivity contribution in [2.24, 2.45) is 5.92 Å². The Kier molecular flexibility index (Phi) is 4.05. The summed E-state index contributed by atoms with van der Waals surface area (Å²) < 4.78 is 4.82. The maximum Gasteiger partial charge on any atom is 0.307 e. The Morgan fingerprint density at radius 3 is 2.59 bits per heavy atom. The van der Waals surface area contributed by atoms with Crippen LogP contribution < -0.4 is 0 Å². The van der Waals surface area contributed by atoms with E-state index in [0.29, 0.717) is 18.4 Å². The van der Waals surface area contributed by atoms with Crippen LogP contribution in [0.1, 0.15) is 26.2 Å². The molecule has 0 radical (unpaired) electrons. The zero-order valence-electron chi connectivity index (χ0n) is 11.2. The molecule has 0 aromatic heterocycles. The van der Waals surface area contributed by atoms with Crippen LogP contribution in [0, 0.1) is 5.92 Å². The Morgan fingerprint density at radius 2 is 2.00 bits per heavy atom. The number of rotatable bonds is 3. The van der Waals surface area contributed by atoms with Gasteiger partial charge in [0.15, 0.2) is 0 Å². The Labute approximate surface area is 104 Å². The molecule has 4 nitrogen and oxygen atoms in total. The third-order valence-corrected chi connectivity index (χ3v) is 3.78. The Balaban J connectivity index is 2.03. The Hall–Kier alpha value is -0.610. The van der Waals surface area contributed by atoms with Gasteiger partial charge in [-0.15, -0.1) is 0 Å². The van der Waals surface area contributed by atoms with E-state index in [1.807, 2.05) is 0 Å². The minimum atomic E-state index is -0.0800. The van der Waals surface area contributed by atoms with Gasteiger partial charge in [0, 0.05) is 31.7 Å². The van der Waals surface area contributed by atoms with Gasteiger partial charge in [-0.2, -0.15) is 0 Å². The van der Waals surface area contributed by atoms with Crippen LogP contribution in [0.5, 0.6) is 0 Å². The van der Waals surface area contributed by atoms with Gasteiger partial charge in [0.25, 0.3) is 0 Å². The van der Waals surface area contributed by atoms with Crippen molar-refractivity contribution in [1.82, 2.24) is 9.80 Å². The summed E-state index contributed by atoms with van der Waals surface area (Å²) in [6.07, 6.45) is 3.13. The van der Waals surface area contributed by atoms with Gasteiger partial charge in [-0.05, 0) is 25.8 Å². The van der Waals surface area contributed by atoms with Crippen LogP contribution in [0.3, 0.4) is 0 Å². The highest BCUT2D eigenvalue weighted by molar-refractivity contribution is 5.70. The molecule has 2 fully saturated rings. The maximum absolute atomic E-state index is 11.5. The van der Waals surface area contributed by atoms with Gasteiger partial charge < -0.3 is 9.64 Å². The number of carbonyl (C=O) groups is 1. The van der Waals surface area contributed by atoms with Gasteiger partial charge in [0.1, 0.15) is 0 Å². The van der Waals surface area contributed by atoms with Crippen molar-refractivity contribution in [3.05, 3.63) is 0 Å². The molecule has 4 heteroatoms. The predicted molar refractivity (Wildman–Crippen MR) is 66.8 cm³/mol. The summed E-state index contributed by atoms with van der Waals surface area (Å²) in [7, 11) is 3.63. The summed E-state index contributed by atoms with van der Waals surface area (Å²) in [5, 5.41) is 0. The SMILES string of the molecule is COC(=O)CC1CN(C)CC(C)CN1C1CC1. The summed E-state index contributed by atoms with van der Waals surface area (Å²) in [6, 6.07) is 1.06. The highest BCUT2D eigenvalue weighted by Crippen LogP contribution is 2.31. The first-order chi connectivity index (χ1) is 8.10. The molecule has 2 atom stereocenters. The molecule has 1 heterocycles. The topological polar surface area (TPSA) is 32.8 Å². The fourth-order valence-corrected chi connectivity index (χ4v) is 2.95. The number of hydrogen-bond donors (Lipinski definition) is 0. The zero-order chi connectivity index (χ0) is 12.4. The Bertz CT molecular complexity index is 279. The van der Waals surface area contributed by atoms with Crippen molar-refractivity contribution in [2.75, 3.05) is 33.8 Å². The monoisotopic (exact) mass is 240 g/mol. The van der Waals surface area contributed by atoms with Gasteiger partial charge in [0.2, 0.25) is 0 Å². The van der Waals surface area contributed by atoms with Crippen molar-refractivity contribution >= 4 is 5.97 Å². The molecule has 2 unspecified atom stereocenters. The number of likely N-dealkylation sites (N-methyl/N-ethyl adjacent to an activating group) is 1. The van der Waals surface area contributed by atoms with Gasteiger partial charge in [-0.3, -0.25) is 9.69 Å². The molecule has 98 valence electrons. The molecular weight excluding hydrogens is 216 g/mol. The molecule has 1 saturated heterocycles. The van der Waals surface area contributed by atoms with E-state index in [1.54, 1.807) is 0 Å². The van der Waals surface area contributed by atoms with Gasteiger partial charge in [-0.1, -0.05) is 6.92 Å². The van der Waals surface area contributed by atoms with Crippen LogP contribution >= 0.6 is 0 Å². The van der Waals surface area contributed by atoms with Crippen LogP contribution in [0.2, 0.25) is 0 Å². The van der Waals surface area contributed by atoms with Crippen molar-refractivity contribution in [3.8, 4) is 0 Å². The van der Waals surface area contributed by atoms with Crippen molar-refractivity contribution < 1.29 is 9.53 Å². The summed E-state index contributed by atoms with van der Waals surface area (Å²) >= 11 is 0. The lowest BCUT2D eigenvalue weighted by Gasteiger charge is -2.30. The number of methoxy groups -OCH3 is 1. The van der Waals surface area contributed by atoms with E-state index in [0.717, 1.165) is 25.7 Å². The van der Waals surface area contributed by atoms with Gasteiger partial charge in [-0.25, -0.2) is 0 Å². The van der Waals surface area contributed by atoms with Crippen molar-refractivity contribution in [2.45, 2.75) is 38.3 Å². The molecule has 2 aliphatic rings. The number of nitrogens with zero attached hydrogens (tertiary/aromatic N) is 2. The fraction of sp³-hybridized carbons (Fsp3) is 0.923. The molecule has 1 aliphatic heterocycles. The summed E-state index contributed by atoms with van der Waals surface area (Å²) in [6.45, 7) is 5.53. The van der Waals surface area contributed by atoms with Crippen LogP contribution in [-0.2, 0) is 9.53 Å². The minimum Gasteiger partial charge on any atom is -0.469 e. The highest BCUT2D eigenvalue weighted by atomic mass is 16.5. The molecule has 0 aromatic rings. The molecule has 0 bridgehead atoms. The van der Waals surface area contributed by atoms with Crippen LogP contribution in [0.25, 0.3) is 0 Å². The lowest BCUT2D eigenvalue weighted by molar-refractivity contribution is -0.142. The van der Waals surface area contributed by atoms with E-state index in [-0.39, 0.29) is 5.97 Å². The first-order valence-electron chi connectivity index (χ1n) is 6.61. The summed E-state index contributed by atoms with van der Waals surface area (Å²) in [4.78, 5) is 16.4. The van der Waals surface area contributed by atoms with E-state index in [1.165, 1.54) is 20.0 Å². The second-order valence-corrected chi connectivity index (χ2v) is 5.69. The van der Waals surface area contributed by atoms with Crippen LogP contribution in [0.4, 0.5) is 0 Å². The predicted octanol–water partition coefficient (Wildman–Crippen LogP) is 0.964. The third-order valence-electron chi connectivity index (χ3n) is 3.78. The number of esters is 1.